The van der Waals surface area contributed by atoms with E-state index in [0.717, 1.165) is 19.6 Å². The zero-order chi connectivity index (χ0) is 7.73. The summed E-state index contributed by atoms with van der Waals surface area (Å²) in [5, 5.41) is 2.96. The van der Waals surface area contributed by atoms with E-state index in [1.807, 2.05) is 0 Å². The second-order valence-electron chi connectivity index (χ2n) is 3.69. The largest absolute Gasteiger partial charge is 0.381 e. The van der Waals surface area contributed by atoms with Crippen LogP contribution in [-0.4, -0.2) is 32.0 Å². The van der Waals surface area contributed by atoms with Crippen LogP contribution in [0.3, 0.4) is 0 Å². The number of hydrogen-bond acceptors (Lipinski definition) is 2. The molecular formula is C8H14FNO. The minimum Gasteiger partial charge on any atom is -0.381 e. The standard InChI is InChI=1S/C8H14FNO/c9-8(5-10-6-8)3-7-1-2-11-4-7/h7,10H,1-6H2/t7-/m0/s1. The lowest BCUT2D eigenvalue weighted by atomic mass is 9.87. The fourth-order valence-corrected chi connectivity index (χ4v) is 1.80. The Morgan fingerprint density at radius 2 is 2.36 bits per heavy atom. The molecule has 0 unspecified atom stereocenters. The van der Waals surface area contributed by atoms with Crippen molar-refractivity contribution in [2.75, 3.05) is 26.3 Å². The van der Waals surface area contributed by atoms with Crippen LogP contribution in [0.15, 0.2) is 0 Å². The molecule has 2 aliphatic rings. The molecule has 2 heterocycles. The molecule has 2 fully saturated rings. The number of rotatable bonds is 2. The molecule has 0 aromatic carbocycles. The normalized spacial score (nSPS) is 35.2. The molecule has 0 amide bonds. The van der Waals surface area contributed by atoms with Gasteiger partial charge in [0, 0.05) is 26.3 Å². The summed E-state index contributed by atoms with van der Waals surface area (Å²) in [5.74, 6) is 0.474. The van der Waals surface area contributed by atoms with Crippen molar-refractivity contribution in [2.45, 2.75) is 18.5 Å². The lowest BCUT2D eigenvalue weighted by Crippen LogP contribution is -2.57. The molecule has 1 N–H and O–H groups in total. The van der Waals surface area contributed by atoms with Gasteiger partial charge in [0.15, 0.2) is 0 Å². The van der Waals surface area contributed by atoms with Crippen molar-refractivity contribution in [3.05, 3.63) is 0 Å². The Bertz CT molecular complexity index is 141. The van der Waals surface area contributed by atoms with E-state index in [0.29, 0.717) is 25.4 Å². The fraction of sp³-hybridized carbons (Fsp3) is 1.00. The molecule has 0 aromatic rings. The third kappa shape index (κ3) is 1.54. The first kappa shape index (κ1) is 7.50. The summed E-state index contributed by atoms with van der Waals surface area (Å²) in [7, 11) is 0. The Morgan fingerprint density at radius 1 is 1.55 bits per heavy atom. The Kier molecular flexibility index (Phi) is 1.85. The third-order valence-electron chi connectivity index (χ3n) is 2.56. The smallest absolute Gasteiger partial charge is 0.136 e. The lowest BCUT2D eigenvalue weighted by molar-refractivity contribution is 0.0569. The maximum atomic E-state index is 13.4. The van der Waals surface area contributed by atoms with Gasteiger partial charge in [0.05, 0.1) is 0 Å². The topological polar surface area (TPSA) is 21.3 Å². The molecule has 0 bridgehead atoms. The van der Waals surface area contributed by atoms with Crippen LogP contribution in [0.1, 0.15) is 12.8 Å². The number of ether oxygens (including phenoxy) is 1. The molecule has 2 saturated heterocycles. The zero-order valence-corrected chi connectivity index (χ0v) is 6.61. The number of halogens is 1. The molecule has 0 aliphatic carbocycles. The minimum atomic E-state index is -0.904. The number of hydrogen-bond donors (Lipinski definition) is 1. The van der Waals surface area contributed by atoms with Crippen molar-refractivity contribution < 1.29 is 9.13 Å². The van der Waals surface area contributed by atoms with Gasteiger partial charge in [-0.2, -0.15) is 0 Å². The summed E-state index contributed by atoms with van der Waals surface area (Å²) in [4.78, 5) is 0. The summed E-state index contributed by atoms with van der Waals surface area (Å²) < 4.78 is 18.6. The predicted octanol–water partition coefficient (Wildman–Crippen LogP) is 0.724. The molecule has 1 atom stereocenters. The van der Waals surface area contributed by atoms with Gasteiger partial charge in [0.25, 0.3) is 0 Å². The fourth-order valence-electron chi connectivity index (χ4n) is 1.80. The highest BCUT2D eigenvalue weighted by molar-refractivity contribution is 4.95. The van der Waals surface area contributed by atoms with Crippen LogP contribution in [0.25, 0.3) is 0 Å². The van der Waals surface area contributed by atoms with Gasteiger partial charge in [-0.15, -0.1) is 0 Å². The first-order valence-corrected chi connectivity index (χ1v) is 4.26. The van der Waals surface area contributed by atoms with Crippen LogP contribution in [0.4, 0.5) is 4.39 Å². The second-order valence-corrected chi connectivity index (χ2v) is 3.69. The van der Waals surface area contributed by atoms with E-state index in [1.54, 1.807) is 0 Å². The van der Waals surface area contributed by atoms with Crippen LogP contribution in [-0.2, 0) is 4.74 Å². The third-order valence-corrected chi connectivity index (χ3v) is 2.56. The van der Waals surface area contributed by atoms with Crippen molar-refractivity contribution >= 4 is 0 Å². The van der Waals surface area contributed by atoms with E-state index in [9.17, 15) is 4.39 Å². The van der Waals surface area contributed by atoms with E-state index in [4.69, 9.17) is 4.74 Å². The Balaban J connectivity index is 1.79. The van der Waals surface area contributed by atoms with E-state index in [1.165, 1.54) is 0 Å². The lowest BCUT2D eigenvalue weighted by Gasteiger charge is -2.36. The summed E-state index contributed by atoms with van der Waals surface area (Å²) in [5.41, 5.74) is -0.904. The molecule has 0 aromatic heterocycles. The zero-order valence-electron chi connectivity index (χ0n) is 6.61. The molecule has 0 spiro atoms. The maximum Gasteiger partial charge on any atom is 0.136 e. The molecule has 2 aliphatic heterocycles. The van der Waals surface area contributed by atoms with Gasteiger partial charge >= 0.3 is 0 Å². The van der Waals surface area contributed by atoms with Gasteiger partial charge in [-0.25, -0.2) is 4.39 Å². The average molecular weight is 159 g/mol. The minimum absolute atomic E-state index is 0.474. The molecule has 0 saturated carbocycles. The predicted molar refractivity (Wildman–Crippen MR) is 40.3 cm³/mol. The first-order chi connectivity index (χ1) is 5.29. The molecule has 2 nitrogen and oxygen atoms in total. The quantitative estimate of drug-likeness (QED) is 0.641. The van der Waals surface area contributed by atoms with Gasteiger partial charge in [-0.05, 0) is 18.8 Å². The van der Waals surface area contributed by atoms with Gasteiger partial charge in [-0.1, -0.05) is 0 Å². The van der Waals surface area contributed by atoms with Crippen molar-refractivity contribution in [2.24, 2.45) is 5.92 Å². The number of nitrogens with one attached hydrogen (secondary N) is 1. The van der Waals surface area contributed by atoms with E-state index < -0.39 is 5.67 Å². The SMILES string of the molecule is FC1(C[C@@H]2CCOC2)CNC1. The number of alkyl halides is 1. The molecular weight excluding hydrogens is 145 g/mol. The van der Waals surface area contributed by atoms with Crippen molar-refractivity contribution in [3.63, 3.8) is 0 Å². The Hall–Kier alpha value is -0.150. The van der Waals surface area contributed by atoms with Crippen molar-refractivity contribution in [1.29, 1.82) is 0 Å². The monoisotopic (exact) mass is 159 g/mol. The van der Waals surface area contributed by atoms with Gasteiger partial charge < -0.3 is 10.1 Å². The van der Waals surface area contributed by atoms with E-state index in [-0.39, 0.29) is 0 Å². The average Bonchev–Trinajstić information content (AvgIpc) is 2.36. The molecule has 2 rings (SSSR count). The van der Waals surface area contributed by atoms with Crippen molar-refractivity contribution in [3.8, 4) is 0 Å². The Labute approximate surface area is 66.1 Å². The highest BCUT2D eigenvalue weighted by Gasteiger charge is 2.39. The van der Waals surface area contributed by atoms with Crippen LogP contribution in [0.2, 0.25) is 0 Å². The highest BCUT2D eigenvalue weighted by Crippen LogP contribution is 2.29. The summed E-state index contributed by atoms with van der Waals surface area (Å²) in [6.07, 6.45) is 1.74. The molecule has 11 heavy (non-hydrogen) atoms. The van der Waals surface area contributed by atoms with E-state index in [2.05, 4.69) is 5.32 Å². The van der Waals surface area contributed by atoms with Crippen LogP contribution in [0, 0.1) is 5.92 Å². The van der Waals surface area contributed by atoms with Crippen LogP contribution in [0.5, 0.6) is 0 Å². The second kappa shape index (κ2) is 2.72. The van der Waals surface area contributed by atoms with Crippen LogP contribution < -0.4 is 5.32 Å². The van der Waals surface area contributed by atoms with Gasteiger partial charge in [0.1, 0.15) is 5.67 Å². The Morgan fingerprint density at radius 3 is 2.82 bits per heavy atom. The first-order valence-electron chi connectivity index (χ1n) is 4.26. The van der Waals surface area contributed by atoms with E-state index >= 15 is 0 Å². The van der Waals surface area contributed by atoms with Gasteiger partial charge in [0.2, 0.25) is 0 Å². The van der Waals surface area contributed by atoms with Gasteiger partial charge in [-0.3, -0.25) is 0 Å². The van der Waals surface area contributed by atoms with Crippen LogP contribution >= 0.6 is 0 Å². The summed E-state index contributed by atoms with van der Waals surface area (Å²) in [6.45, 7) is 2.69. The molecule has 3 heteroatoms. The summed E-state index contributed by atoms with van der Waals surface area (Å²) >= 11 is 0. The highest BCUT2D eigenvalue weighted by atomic mass is 19.1. The maximum absolute atomic E-state index is 13.4. The molecule has 64 valence electrons. The van der Waals surface area contributed by atoms with Crippen molar-refractivity contribution in [1.82, 2.24) is 5.32 Å². The molecule has 0 radical (unpaired) electrons. The summed E-state index contributed by atoms with van der Waals surface area (Å²) in [6, 6.07) is 0.